The van der Waals surface area contributed by atoms with Crippen LogP contribution in [0.15, 0.2) is 24.3 Å². The van der Waals surface area contributed by atoms with E-state index >= 15 is 0 Å². The molecule has 0 heterocycles. The van der Waals surface area contributed by atoms with Gasteiger partial charge in [0.15, 0.2) is 0 Å². The van der Waals surface area contributed by atoms with Gasteiger partial charge >= 0.3 is 0 Å². The van der Waals surface area contributed by atoms with E-state index in [9.17, 15) is 0 Å². The molecule has 1 aromatic rings. The van der Waals surface area contributed by atoms with Crippen LogP contribution < -0.4 is 4.74 Å². The Morgan fingerprint density at radius 3 is 0.781 bits per heavy atom. The Hall–Kier alpha value is -1.62. The number of ether oxygens (including phenoxy) is 16. The van der Waals surface area contributed by atoms with E-state index in [0.29, 0.717) is 205 Å². The van der Waals surface area contributed by atoms with E-state index in [4.69, 9.17) is 80.9 Å². The van der Waals surface area contributed by atoms with Gasteiger partial charge in [-0.1, -0.05) is 57.6 Å². The fourth-order valence-corrected chi connectivity index (χ4v) is 5.50. The third-order valence-electron chi connectivity index (χ3n) is 8.93. The number of hydrogen-bond donors (Lipinski definition) is 1. The Morgan fingerprint density at radius 2 is 0.516 bits per heavy atom. The highest BCUT2D eigenvalue weighted by Gasteiger charge is 2.00. The molecular weight excluding hydrogens is 836 g/mol. The summed E-state index contributed by atoms with van der Waals surface area (Å²) < 4.78 is 87.9. The molecule has 17 nitrogen and oxygen atoms in total. The second-order valence-electron chi connectivity index (χ2n) is 14.3. The molecule has 0 amide bonds. The van der Waals surface area contributed by atoms with Crippen molar-refractivity contribution in [3.05, 3.63) is 29.8 Å². The Morgan fingerprint density at radius 1 is 0.281 bits per heavy atom. The zero-order valence-corrected chi connectivity index (χ0v) is 39.6. The summed E-state index contributed by atoms with van der Waals surface area (Å²) in [6.45, 7) is 17.7. The molecule has 0 bridgehead atoms. The molecule has 0 aliphatic rings. The highest BCUT2D eigenvalue weighted by atomic mass is 16.6. The standard InChI is InChI=1S/C47H88O17/c1-2-3-4-5-6-7-8-9-46-10-12-47(13-11-46)64-45-44-63-43-42-62-41-40-61-39-38-60-37-36-59-35-34-58-33-32-57-31-30-56-29-28-55-27-26-54-25-24-53-23-22-52-21-20-51-19-18-50-17-16-49-15-14-48/h10-13,48H,2-9,14-45H2,1H3. The number of unbranched alkanes of at least 4 members (excludes halogenated alkanes) is 6. The summed E-state index contributed by atoms with van der Waals surface area (Å²) in [5.74, 6) is 0.883. The van der Waals surface area contributed by atoms with E-state index in [1.54, 1.807) is 0 Å². The number of aliphatic hydroxyl groups is 1. The van der Waals surface area contributed by atoms with E-state index < -0.39 is 0 Å². The van der Waals surface area contributed by atoms with Crippen LogP contribution in [0.25, 0.3) is 0 Å². The highest BCUT2D eigenvalue weighted by Crippen LogP contribution is 2.15. The first kappa shape index (κ1) is 60.4. The number of benzene rings is 1. The summed E-state index contributed by atoms with van der Waals surface area (Å²) in [5, 5.41) is 8.60. The molecule has 0 aliphatic heterocycles. The van der Waals surface area contributed by atoms with Gasteiger partial charge < -0.3 is 80.9 Å². The summed E-state index contributed by atoms with van der Waals surface area (Å²) in [4.78, 5) is 0. The lowest BCUT2D eigenvalue weighted by Crippen LogP contribution is -2.16. The van der Waals surface area contributed by atoms with Gasteiger partial charge in [0.2, 0.25) is 0 Å². The number of hydrogen-bond acceptors (Lipinski definition) is 17. The molecule has 0 saturated heterocycles. The molecule has 378 valence electrons. The Bertz CT molecular complexity index is 997. The van der Waals surface area contributed by atoms with Crippen LogP contribution in [0.4, 0.5) is 0 Å². The average molecular weight is 925 g/mol. The second kappa shape index (κ2) is 54.0. The normalized spacial score (nSPS) is 11.6. The fraction of sp³-hybridized carbons (Fsp3) is 0.872. The smallest absolute Gasteiger partial charge is 0.119 e. The quantitative estimate of drug-likeness (QED) is 0.0900. The first-order chi connectivity index (χ1) is 31.9. The minimum absolute atomic E-state index is 0.0219. The largest absolute Gasteiger partial charge is 0.491 e. The zero-order valence-electron chi connectivity index (χ0n) is 39.6. The number of rotatable bonds is 56. The molecule has 0 aliphatic carbocycles. The van der Waals surface area contributed by atoms with E-state index in [1.165, 1.54) is 50.5 Å². The molecule has 1 rings (SSSR count). The van der Waals surface area contributed by atoms with E-state index in [1.807, 2.05) is 0 Å². The summed E-state index contributed by atoms with van der Waals surface area (Å²) in [6, 6.07) is 8.45. The number of aryl methyl sites for hydroxylation is 1. The lowest BCUT2D eigenvalue weighted by atomic mass is 10.0. The van der Waals surface area contributed by atoms with Crippen molar-refractivity contribution < 1.29 is 80.9 Å². The summed E-state index contributed by atoms with van der Waals surface area (Å²) >= 11 is 0. The third-order valence-corrected chi connectivity index (χ3v) is 8.93. The molecule has 1 N–H and O–H groups in total. The monoisotopic (exact) mass is 925 g/mol. The number of aliphatic hydroxyl groups excluding tert-OH is 1. The fourth-order valence-electron chi connectivity index (χ4n) is 5.50. The Kier molecular flexibility index (Phi) is 50.9. The predicted molar refractivity (Wildman–Crippen MR) is 243 cm³/mol. The van der Waals surface area contributed by atoms with Crippen molar-refractivity contribution in [2.75, 3.05) is 211 Å². The molecule has 17 heteroatoms. The molecule has 0 radical (unpaired) electrons. The summed E-state index contributed by atoms with van der Waals surface area (Å²) in [6.07, 6.45) is 10.5. The molecule has 0 saturated carbocycles. The molecule has 0 unspecified atom stereocenters. The molecule has 0 atom stereocenters. The van der Waals surface area contributed by atoms with Crippen molar-refractivity contribution in [3.63, 3.8) is 0 Å². The topological polar surface area (TPSA) is 168 Å². The Labute approximate surface area is 385 Å². The van der Waals surface area contributed by atoms with Crippen molar-refractivity contribution in [1.82, 2.24) is 0 Å². The first-order valence-electron chi connectivity index (χ1n) is 23.9. The lowest BCUT2D eigenvalue weighted by molar-refractivity contribution is -0.0302. The van der Waals surface area contributed by atoms with Crippen LogP contribution in [-0.2, 0) is 77.5 Å². The van der Waals surface area contributed by atoms with Gasteiger partial charge in [-0.2, -0.15) is 0 Å². The van der Waals surface area contributed by atoms with Crippen LogP contribution in [0.1, 0.15) is 57.4 Å². The van der Waals surface area contributed by atoms with Gasteiger partial charge in [0.05, 0.1) is 205 Å². The minimum atomic E-state index is 0.0219. The predicted octanol–water partition coefficient (Wildman–Crippen LogP) is 4.60. The minimum Gasteiger partial charge on any atom is -0.491 e. The van der Waals surface area contributed by atoms with Crippen molar-refractivity contribution in [2.24, 2.45) is 0 Å². The summed E-state index contributed by atoms with van der Waals surface area (Å²) in [7, 11) is 0. The van der Waals surface area contributed by atoms with Gasteiger partial charge in [0.1, 0.15) is 12.4 Å². The maximum Gasteiger partial charge on any atom is 0.119 e. The van der Waals surface area contributed by atoms with Crippen LogP contribution in [0.2, 0.25) is 0 Å². The van der Waals surface area contributed by atoms with Crippen molar-refractivity contribution in [1.29, 1.82) is 0 Å². The summed E-state index contributed by atoms with van der Waals surface area (Å²) in [5.41, 5.74) is 1.38. The molecular formula is C47H88O17. The third kappa shape index (κ3) is 48.3. The SMILES string of the molecule is CCCCCCCCCc1ccc(OCCOCCOCCOCCOCCOCCOCCOCCOCCOCCOCCOCCOCCOCCOCCOCCO)cc1. The maximum atomic E-state index is 8.60. The van der Waals surface area contributed by atoms with Crippen molar-refractivity contribution in [3.8, 4) is 5.75 Å². The second-order valence-corrected chi connectivity index (χ2v) is 14.3. The zero-order chi connectivity index (χ0) is 45.6. The van der Waals surface area contributed by atoms with Gasteiger partial charge in [0, 0.05) is 0 Å². The van der Waals surface area contributed by atoms with Gasteiger partial charge in [-0.05, 0) is 30.5 Å². The van der Waals surface area contributed by atoms with E-state index in [-0.39, 0.29) is 6.61 Å². The van der Waals surface area contributed by atoms with Crippen LogP contribution in [0, 0.1) is 0 Å². The van der Waals surface area contributed by atoms with Crippen LogP contribution >= 0.6 is 0 Å². The van der Waals surface area contributed by atoms with Gasteiger partial charge in [-0.3, -0.25) is 0 Å². The molecule has 1 aromatic carbocycles. The van der Waals surface area contributed by atoms with Crippen molar-refractivity contribution in [2.45, 2.75) is 58.3 Å². The molecule has 0 aromatic heterocycles. The molecule has 64 heavy (non-hydrogen) atoms. The van der Waals surface area contributed by atoms with Crippen molar-refractivity contribution >= 4 is 0 Å². The molecule has 0 fully saturated rings. The first-order valence-corrected chi connectivity index (χ1v) is 23.9. The Balaban J connectivity index is 1.64. The van der Waals surface area contributed by atoms with Gasteiger partial charge in [-0.25, -0.2) is 0 Å². The van der Waals surface area contributed by atoms with E-state index in [2.05, 4.69) is 31.2 Å². The van der Waals surface area contributed by atoms with Crippen LogP contribution in [0.5, 0.6) is 5.75 Å². The highest BCUT2D eigenvalue weighted by molar-refractivity contribution is 5.27. The van der Waals surface area contributed by atoms with Gasteiger partial charge in [-0.15, -0.1) is 0 Å². The van der Waals surface area contributed by atoms with Crippen LogP contribution in [-0.4, -0.2) is 217 Å². The van der Waals surface area contributed by atoms with E-state index in [0.717, 1.165) is 12.2 Å². The molecule has 0 spiro atoms. The maximum absolute atomic E-state index is 8.60. The van der Waals surface area contributed by atoms with Crippen LogP contribution in [0.3, 0.4) is 0 Å². The average Bonchev–Trinajstić information content (AvgIpc) is 3.31. The van der Waals surface area contributed by atoms with Gasteiger partial charge in [0.25, 0.3) is 0 Å². The lowest BCUT2D eigenvalue weighted by Gasteiger charge is -2.09.